The minimum absolute atomic E-state index is 0.129. The Morgan fingerprint density at radius 1 is 1.33 bits per heavy atom. The highest BCUT2D eigenvalue weighted by atomic mass is 16.2. The largest absolute Gasteiger partial charge is 0.369 e. The molecule has 2 rings (SSSR count). The highest BCUT2D eigenvalue weighted by Crippen LogP contribution is 2.22. The monoisotopic (exact) mass is 290 g/mol. The number of hydrazine groups is 1. The third-order valence-corrected chi connectivity index (χ3v) is 4.01. The summed E-state index contributed by atoms with van der Waals surface area (Å²) in [5.41, 5.74) is 8.54. The van der Waals surface area contributed by atoms with E-state index in [-0.39, 0.29) is 23.7 Å². The minimum atomic E-state index is -0.345. The topological polar surface area (TPSA) is 101 Å². The molecule has 0 aliphatic carbocycles. The third-order valence-electron chi connectivity index (χ3n) is 4.01. The summed E-state index contributed by atoms with van der Waals surface area (Å²) in [6.45, 7) is 2.01. The Labute approximate surface area is 124 Å². The fraction of sp³-hybridized carbons (Fsp3) is 0.467. The van der Waals surface area contributed by atoms with Crippen LogP contribution < -0.4 is 17.0 Å². The molecule has 1 aliphatic rings. The summed E-state index contributed by atoms with van der Waals surface area (Å²) in [5.74, 6) is 4.34. The number of carbonyl (C=O) groups excluding carboxylic acids is 2. The van der Waals surface area contributed by atoms with Gasteiger partial charge in [0.2, 0.25) is 11.8 Å². The van der Waals surface area contributed by atoms with Gasteiger partial charge in [0.15, 0.2) is 0 Å². The number of carbonyl (C=O) groups is 2. The van der Waals surface area contributed by atoms with Crippen molar-refractivity contribution in [1.29, 1.82) is 0 Å². The van der Waals surface area contributed by atoms with Gasteiger partial charge in [-0.15, -0.1) is 0 Å². The molecule has 1 heterocycles. The molecular formula is C15H22N4O2. The van der Waals surface area contributed by atoms with Gasteiger partial charge in [-0.2, -0.15) is 0 Å². The number of likely N-dealkylation sites (tertiary alicyclic amines) is 1. The molecule has 21 heavy (non-hydrogen) atoms. The second kappa shape index (κ2) is 7.19. The zero-order valence-corrected chi connectivity index (χ0v) is 12.0. The molecule has 5 N–H and O–H groups in total. The molecule has 6 heteroatoms. The Morgan fingerprint density at radius 2 is 2.05 bits per heavy atom. The number of piperidine rings is 1. The number of nitrogens with one attached hydrogen (secondary N) is 1. The molecule has 0 radical (unpaired) electrons. The lowest BCUT2D eigenvalue weighted by Crippen LogP contribution is -2.45. The zero-order valence-electron chi connectivity index (χ0n) is 12.0. The van der Waals surface area contributed by atoms with Crippen molar-refractivity contribution in [3.05, 3.63) is 35.9 Å². The standard InChI is InChI=1S/C15H22N4O2/c16-14(20)12-7-4-8-19(9-12)10-13(15(21)18-17)11-5-2-1-3-6-11/h1-3,5-6,12-13H,4,7-10,17H2,(H2,16,20)(H,18,21). The number of hydrogen-bond acceptors (Lipinski definition) is 4. The van der Waals surface area contributed by atoms with Crippen molar-refractivity contribution in [3.8, 4) is 0 Å². The first-order valence-electron chi connectivity index (χ1n) is 7.19. The maximum absolute atomic E-state index is 12.0. The lowest BCUT2D eigenvalue weighted by atomic mass is 9.93. The summed E-state index contributed by atoms with van der Waals surface area (Å²) in [6, 6.07) is 9.53. The van der Waals surface area contributed by atoms with Gasteiger partial charge in [-0.1, -0.05) is 30.3 Å². The van der Waals surface area contributed by atoms with Gasteiger partial charge in [0.25, 0.3) is 0 Å². The van der Waals surface area contributed by atoms with Crippen LogP contribution in [-0.4, -0.2) is 36.3 Å². The molecule has 1 aromatic carbocycles. The van der Waals surface area contributed by atoms with Crippen molar-refractivity contribution in [3.63, 3.8) is 0 Å². The van der Waals surface area contributed by atoms with E-state index in [9.17, 15) is 9.59 Å². The fourth-order valence-electron chi connectivity index (χ4n) is 2.84. The summed E-state index contributed by atoms with van der Waals surface area (Å²) in [7, 11) is 0. The predicted octanol–water partition coefficient (Wildman–Crippen LogP) is -0.0426. The van der Waals surface area contributed by atoms with E-state index < -0.39 is 0 Å². The molecule has 2 unspecified atom stereocenters. The summed E-state index contributed by atoms with van der Waals surface area (Å²) in [4.78, 5) is 25.5. The number of rotatable bonds is 5. The normalized spacial score (nSPS) is 20.7. The second-order valence-corrected chi connectivity index (χ2v) is 5.47. The van der Waals surface area contributed by atoms with Crippen LogP contribution in [0.25, 0.3) is 0 Å². The van der Waals surface area contributed by atoms with E-state index >= 15 is 0 Å². The van der Waals surface area contributed by atoms with Crippen molar-refractivity contribution in [1.82, 2.24) is 10.3 Å². The van der Waals surface area contributed by atoms with Crippen molar-refractivity contribution >= 4 is 11.8 Å². The Morgan fingerprint density at radius 3 is 2.67 bits per heavy atom. The number of primary amides is 1. The van der Waals surface area contributed by atoms with Gasteiger partial charge in [0.1, 0.15) is 0 Å². The molecule has 0 spiro atoms. The molecule has 2 amide bonds. The molecule has 0 bridgehead atoms. The number of hydrogen-bond donors (Lipinski definition) is 3. The number of nitrogens with two attached hydrogens (primary N) is 2. The average molecular weight is 290 g/mol. The molecule has 114 valence electrons. The SMILES string of the molecule is NNC(=O)C(CN1CCCC(C(N)=O)C1)c1ccccc1. The zero-order chi connectivity index (χ0) is 15.2. The van der Waals surface area contributed by atoms with Crippen LogP contribution in [0.3, 0.4) is 0 Å². The smallest absolute Gasteiger partial charge is 0.242 e. The second-order valence-electron chi connectivity index (χ2n) is 5.47. The van der Waals surface area contributed by atoms with Gasteiger partial charge < -0.3 is 10.6 Å². The van der Waals surface area contributed by atoms with Crippen molar-refractivity contribution in [2.75, 3.05) is 19.6 Å². The third kappa shape index (κ3) is 4.03. The minimum Gasteiger partial charge on any atom is -0.369 e. The van der Waals surface area contributed by atoms with E-state index in [4.69, 9.17) is 11.6 Å². The van der Waals surface area contributed by atoms with Gasteiger partial charge >= 0.3 is 0 Å². The molecule has 0 saturated carbocycles. The van der Waals surface area contributed by atoms with Crippen LogP contribution in [0.15, 0.2) is 30.3 Å². The van der Waals surface area contributed by atoms with Gasteiger partial charge in [-0.3, -0.25) is 15.0 Å². The maximum atomic E-state index is 12.0. The fourth-order valence-corrected chi connectivity index (χ4v) is 2.84. The number of nitrogens with zero attached hydrogens (tertiary/aromatic N) is 1. The van der Waals surface area contributed by atoms with Crippen LogP contribution >= 0.6 is 0 Å². The highest BCUT2D eigenvalue weighted by molar-refractivity contribution is 5.83. The van der Waals surface area contributed by atoms with Crippen molar-refractivity contribution in [2.45, 2.75) is 18.8 Å². The van der Waals surface area contributed by atoms with E-state index in [1.807, 2.05) is 30.3 Å². The van der Waals surface area contributed by atoms with Gasteiger partial charge in [0, 0.05) is 13.1 Å². The number of benzene rings is 1. The molecule has 1 aliphatic heterocycles. The van der Waals surface area contributed by atoms with E-state index in [2.05, 4.69) is 10.3 Å². The predicted molar refractivity (Wildman–Crippen MR) is 79.9 cm³/mol. The summed E-state index contributed by atoms with van der Waals surface area (Å²) in [5, 5.41) is 0. The first kappa shape index (κ1) is 15.5. The van der Waals surface area contributed by atoms with E-state index in [1.165, 1.54) is 0 Å². The van der Waals surface area contributed by atoms with Crippen LogP contribution in [0.4, 0.5) is 0 Å². The summed E-state index contributed by atoms with van der Waals surface area (Å²) >= 11 is 0. The Hall–Kier alpha value is -1.92. The highest BCUT2D eigenvalue weighted by Gasteiger charge is 2.28. The van der Waals surface area contributed by atoms with Crippen LogP contribution in [0.5, 0.6) is 0 Å². The maximum Gasteiger partial charge on any atom is 0.242 e. The molecule has 1 aromatic rings. The summed E-state index contributed by atoms with van der Waals surface area (Å²) < 4.78 is 0. The van der Waals surface area contributed by atoms with Crippen molar-refractivity contribution in [2.24, 2.45) is 17.5 Å². The van der Waals surface area contributed by atoms with Crippen LogP contribution in [-0.2, 0) is 9.59 Å². The van der Waals surface area contributed by atoms with Crippen LogP contribution in [0.1, 0.15) is 24.3 Å². The van der Waals surface area contributed by atoms with E-state index in [0.717, 1.165) is 24.9 Å². The molecule has 0 aromatic heterocycles. The Balaban J connectivity index is 2.08. The number of amides is 2. The summed E-state index contributed by atoms with van der Waals surface area (Å²) in [6.07, 6.45) is 1.74. The van der Waals surface area contributed by atoms with Gasteiger partial charge in [-0.25, -0.2) is 5.84 Å². The van der Waals surface area contributed by atoms with Gasteiger partial charge in [0.05, 0.1) is 11.8 Å². The van der Waals surface area contributed by atoms with Crippen LogP contribution in [0.2, 0.25) is 0 Å². The lowest BCUT2D eigenvalue weighted by molar-refractivity contribution is -0.124. The first-order chi connectivity index (χ1) is 10.1. The quantitative estimate of drug-likeness (QED) is 0.402. The van der Waals surface area contributed by atoms with Gasteiger partial charge in [-0.05, 0) is 24.9 Å². The Kier molecular flexibility index (Phi) is 5.30. The van der Waals surface area contributed by atoms with Crippen molar-refractivity contribution < 1.29 is 9.59 Å². The van der Waals surface area contributed by atoms with E-state index in [1.54, 1.807) is 0 Å². The Bertz CT molecular complexity index is 492. The molecule has 2 atom stereocenters. The van der Waals surface area contributed by atoms with E-state index in [0.29, 0.717) is 13.1 Å². The van der Waals surface area contributed by atoms with Crippen LogP contribution in [0, 0.1) is 5.92 Å². The first-order valence-corrected chi connectivity index (χ1v) is 7.19. The molecule has 6 nitrogen and oxygen atoms in total. The molecular weight excluding hydrogens is 268 g/mol. The average Bonchev–Trinajstić information content (AvgIpc) is 2.53. The molecule has 1 saturated heterocycles. The lowest BCUT2D eigenvalue weighted by Gasteiger charge is -2.33. The molecule has 1 fully saturated rings.